The highest BCUT2D eigenvalue weighted by atomic mass is 32.1. The number of carboxylic acid groups (broad SMARTS) is 1. The van der Waals surface area contributed by atoms with Crippen LogP contribution in [0.15, 0.2) is 11.4 Å². The topological polar surface area (TPSA) is 77.9 Å². The summed E-state index contributed by atoms with van der Waals surface area (Å²) < 4.78 is 0. The number of carbonyl (C=O) groups excluding carboxylic acids is 2. The molecule has 1 N–H and O–H groups in total. The van der Waals surface area contributed by atoms with Gasteiger partial charge in [-0.2, -0.15) is 0 Å². The van der Waals surface area contributed by atoms with E-state index in [1.807, 2.05) is 11.4 Å². The second-order valence-corrected chi connectivity index (χ2v) is 7.02. The zero-order valence-corrected chi connectivity index (χ0v) is 13.7. The van der Waals surface area contributed by atoms with Gasteiger partial charge in [0.1, 0.15) is 6.04 Å². The van der Waals surface area contributed by atoms with Gasteiger partial charge in [-0.25, -0.2) is 4.79 Å². The van der Waals surface area contributed by atoms with Crippen molar-refractivity contribution in [2.45, 2.75) is 44.7 Å². The Morgan fingerprint density at radius 2 is 2.00 bits per heavy atom. The third kappa shape index (κ3) is 3.39. The highest BCUT2D eigenvalue weighted by Gasteiger charge is 2.34. The SMILES string of the molecule is O=C(O)[C@@H]1CCCN1C(=O)CCC(=O)N1CCc2sccc2C1. The second kappa shape index (κ2) is 6.70. The minimum atomic E-state index is -0.955. The number of hydrogen-bond acceptors (Lipinski definition) is 4. The first kappa shape index (κ1) is 16.0. The van der Waals surface area contributed by atoms with E-state index in [1.165, 1.54) is 15.3 Å². The Morgan fingerprint density at radius 1 is 1.22 bits per heavy atom. The smallest absolute Gasteiger partial charge is 0.326 e. The zero-order chi connectivity index (χ0) is 16.4. The van der Waals surface area contributed by atoms with E-state index in [-0.39, 0.29) is 24.7 Å². The van der Waals surface area contributed by atoms with Crippen LogP contribution < -0.4 is 0 Å². The van der Waals surface area contributed by atoms with Gasteiger partial charge >= 0.3 is 5.97 Å². The molecule has 0 spiro atoms. The van der Waals surface area contributed by atoms with Gasteiger partial charge in [-0.05, 0) is 36.3 Å². The number of thiophene rings is 1. The minimum absolute atomic E-state index is 0.0266. The summed E-state index contributed by atoms with van der Waals surface area (Å²) >= 11 is 1.72. The van der Waals surface area contributed by atoms with Gasteiger partial charge in [0.2, 0.25) is 11.8 Å². The molecule has 7 heteroatoms. The summed E-state index contributed by atoms with van der Waals surface area (Å²) in [5.74, 6) is -1.21. The third-order valence-electron chi connectivity index (χ3n) is 4.57. The Hall–Kier alpha value is -1.89. The fourth-order valence-electron chi connectivity index (χ4n) is 3.30. The fraction of sp³-hybridized carbons (Fsp3) is 0.562. The van der Waals surface area contributed by atoms with Crippen LogP contribution in [0.1, 0.15) is 36.1 Å². The summed E-state index contributed by atoms with van der Waals surface area (Å²) in [6.45, 7) is 1.79. The van der Waals surface area contributed by atoms with Gasteiger partial charge in [0.15, 0.2) is 0 Å². The van der Waals surface area contributed by atoms with E-state index < -0.39 is 12.0 Å². The van der Waals surface area contributed by atoms with Gasteiger partial charge in [-0.1, -0.05) is 0 Å². The van der Waals surface area contributed by atoms with Crippen LogP contribution in [0.4, 0.5) is 0 Å². The molecule has 0 aromatic carbocycles. The molecule has 0 bridgehead atoms. The van der Waals surface area contributed by atoms with E-state index in [4.69, 9.17) is 5.11 Å². The largest absolute Gasteiger partial charge is 0.480 e. The van der Waals surface area contributed by atoms with Crippen LogP contribution in [0.25, 0.3) is 0 Å². The summed E-state index contributed by atoms with van der Waals surface area (Å²) in [5, 5.41) is 11.2. The lowest BCUT2D eigenvalue weighted by Crippen LogP contribution is -2.41. The van der Waals surface area contributed by atoms with Crippen molar-refractivity contribution in [3.63, 3.8) is 0 Å². The summed E-state index contributed by atoms with van der Waals surface area (Å²) in [5.41, 5.74) is 1.20. The molecular weight excluding hydrogens is 316 g/mol. The quantitative estimate of drug-likeness (QED) is 0.903. The maximum absolute atomic E-state index is 12.3. The second-order valence-electron chi connectivity index (χ2n) is 6.02. The van der Waals surface area contributed by atoms with Crippen LogP contribution in [-0.4, -0.2) is 51.8 Å². The molecule has 2 aliphatic heterocycles. The summed E-state index contributed by atoms with van der Waals surface area (Å²) in [6.07, 6.45) is 2.34. The first-order valence-electron chi connectivity index (χ1n) is 7.91. The van der Waals surface area contributed by atoms with Gasteiger partial charge in [-0.3, -0.25) is 9.59 Å². The number of likely N-dealkylation sites (tertiary alicyclic amines) is 1. The van der Waals surface area contributed by atoms with Crippen LogP contribution >= 0.6 is 11.3 Å². The predicted molar refractivity (Wildman–Crippen MR) is 85.0 cm³/mol. The van der Waals surface area contributed by atoms with Crippen LogP contribution in [-0.2, 0) is 27.3 Å². The minimum Gasteiger partial charge on any atom is -0.480 e. The van der Waals surface area contributed by atoms with Crippen molar-refractivity contribution < 1.29 is 19.5 Å². The van der Waals surface area contributed by atoms with Crippen LogP contribution in [0, 0.1) is 0 Å². The molecule has 1 atom stereocenters. The molecule has 124 valence electrons. The molecule has 0 saturated carbocycles. The first-order chi connectivity index (χ1) is 11.1. The number of hydrogen-bond donors (Lipinski definition) is 1. The Morgan fingerprint density at radius 3 is 2.78 bits per heavy atom. The lowest BCUT2D eigenvalue weighted by atomic mass is 10.1. The molecule has 0 unspecified atom stereocenters. The molecule has 0 radical (unpaired) electrons. The molecule has 1 fully saturated rings. The van der Waals surface area contributed by atoms with Crippen molar-refractivity contribution in [3.05, 3.63) is 21.9 Å². The van der Waals surface area contributed by atoms with E-state index in [1.54, 1.807) is 16.2 Å². The van der Waals surface area contributed by atoms with Crippen molar-refractivity contribution in [2.24, 2.45) is 0 Å². The van der Waals surface area contributed by atoms with Gasteiger partial charge in [0, 0.05) is 37.4 Å². The van der Waals surface area contributed by atoms with Gasteiger partial charge < -0.3 is 14.9 Å². The Kier molecular flexibility index (Phi) is 4.66. The normalized spacial score (nSPS) is 20.4. The van der Waals surface area contributed by atoms with Crippen LogP contribution in [0.2, 0.25) is 0 Å². The molecule has 2 amide bonds. The lowest BCUT2D eigenvalue weighted by Gasteiger charge is -2.27. The van der Waals surface area contributed by atoms with Crippen LogP contribution in [0.3, 0.4) is 0 Å². The monoisotopic (exact) mass is 336 g/mol. The Labute approximate surface area is 138 Å². The van der Waals surface area contributed by atoms with Crippen molar-refractivity contribution in [1.29, 1.82) is 0 Å². The Bertz CT molecular complexity index is 627. The van der Waals surface area contributed by atoms with Crippen molar-refractivity contribution in [2.75, 3.05) is 13.1 Å². The van der Waals surface area contributed by atoms with Crippen molar-refractivity contribution in [3.8, 4) is 0 Å². The Balaban J connectivity index is 1.51. The van der Waals surface area contributed by atoms with E-state index in [9.17, 15) is 14.4 Å². The number of nitrogens with zero attached hydrogens (tertiary/aromatic N) is 2. The third-order valence-corrected chi connectivity index (χ3v) is 5.59. The predicted octanol–water partition coefficient (Wildman–Crippen LogP) is 1.49. The molecule has 1 aromatic rings. The zero-order valence-electron chi connectivity index (χ0n) is 12.9. The molecule has 1 saturated heterocycles. The molecule has 1 aromatic heterocycles. The molecular formula is C16H20N2O4S. The lowest BCUT2D eigenvalue weighted by molar-refractivity contribution is -0.148. The van der Waals surface area contributed by atoms with E-state index in [0.29, 0.717) is 32.5 Å². The fourth-order valence-corrected chi connectivity index (χ4v) is 4.19. The molecule has 3 heterocycles. The maximum atomic E-state index is 12.3. The number of fused-ring (bicyclic) bond motifs is 1. The maximum Gasteiger partial charge on any atom is 0.326 e. The van der Waals surface area contributed by atoms with Gasteiger partial charge in [0.25, 0.3) is 0 Å². The van der Waals surface area contributed by atoms with Crippen molar-refractivity contribution >= 4 is 29.1 Å². The summed E-state index contributed by atoms with van der Waals surface area (Å²) in [4.78, 5) is 40.2. The first-order valence-corrected chi connectivity index (χ1v) is 8.79. The number of aliphatic carboxylic acids is 1. The summed E-state index contributed by atoms with van der Waals surface area (Å²) in [6, 6.07) is 1.33. The molecule has 6 nitrogen and oxygen atoms in total. The average molecular weight is 336 g/mol. The molecule has 3 rings (SSSR count). The number of amides is 2. The van der Waals surface area contributed by atoms with E-state index >= 15 is 0 Å². The van der Waals surface area contributed by atoms with E-state index in [0.717, 1.165) is 6.42 Å². The molecule has 0 aliphatic carbocycles. The van der Waals surface area contributed by atoms with Gasteiger partial charge in [0.05, 0.1) is 0 Å². The number of rotatable bonds is 4. The number of carboxylic acids is 1. The highest BCUT2D eigenvalue weighted by molar-refractivity contribution is 7.10. The molecule has 23 heavy (non-hydrogen) atoms. The highest BCUT2D eigenvalue weighted by Crippen LogP contribution is 2.25. The summed E-state index contributed by atoms with van der Waals surface area (Å²) in [7, 11) is 0. The van der Waals surface area contributed by atoms with Gasteiger partial charge in [-0.15, -0.1) is 11.3 Å². The number of carbonyl (C=O) groups is 3. The standard InChI is InChI=1S/C16H20N2O4S/c19-14(17-8-5-13-11(10-17)6-9-23-13)3-4-15(20)18-7-1-2-12(18)16(21)22/h6,9,12H,1-5,7-8,10H2,(H,21,22)/t12-/m0/s1. The average Bonchev–Trinajstić information content (AvgIpc) is 3.19. The molecule has 2 aliphatic rings. The van der Waals surface area contributed by atoms with E-state index in [2.05, 4.69) is 0 Å². The van der Waals surface area contributed by atoms with Crippen molar-refractivity contribution in [1.82, 2.24) is 9.80 Å². The van der Waals surface area contributed by atoms with Crippen LogP contribution in [0.5, 0.6) is 0 Å².